The van der Waals surface area contributed by atoms with E-state index in [9.17, 15) is 4.79 Å². The average molecular weight is 286 g/mol. The number of hydrogen-bond donors (Lipinski definition) is 1. The number of aromatic nitrogens is 2. The highest BCUT2D eigenvalue weighted by atomic mass is 79.9. The Bertz CT molecular complexity index is 426. The third-order valence-corrected chi connectivity index (χ3v) is 3.94. The Hall–Kier alpha value is -0.840. The van der Waals surface area contributed by atoms with Crippen molar-refractivity contribution in [1.29, 1.82) is 0 Å². The predicted molar refractivity (Wildman–Crippen MR) is 67.6 cm³/mol. The molecule has 0 spiro atoms. The summed E-state index contributed by atoms with van der Waals surface area (Å²) in [6.07, 6.45) is 6.96. The van der Waals surface area contributed by atoms with Crippen LogP contribution in [0.3, 0.4) is 0 Å². The molecule has 1 fully saturated rings. The summed E-state index contributed by atoms with van der Waals surface area (Å²) in [7, 11) is 1.64. The molecule has 1 aromatic heterocycles. The maximum atomic E-state index is 11.6. The summed E-state index contributed by atoms with van der Waals surface area (Å²) >= 11 is 3.29. The quantitative estimate of drug-likeness (QED) is 0.922. The molecular formula is C11H16BrN3O. The molecule has 1 N–H and O–H groups in total. The first kappa shape index (κ1) is 11.6. The lowest BCUT2D eigenvalue weighted by Gasteiger charge is -2.25. The van der Waals surface area contributed by atoms with Crippen molar-refractivity contribution in [3.05, 3.63) is 21.0 Å². The molecule has 1 saturated carbocycles. The van der Waals surface area contributed by atoms with Crippen LogP contribution in [0, 0.1) is 5.92 Å². The number of rotatable bonds is 4. The fraction of sp³-hybridized carbons (Fsp3) is 0.636. The highest BCUT2D eigenvalue weighted by molar-refractivity contribution is 9.10. The van der Waals surface area contributed by atoms with Crippen molar-refractivity contribution in [1.82, 2.24) is 9.78 Å². The molecule has 1 heterocycles. The first-order valence-corrected chi connectivity index (χ1v) is 6.43. The molecule has 1 aliphatic rings. The number of aryl methyl sites for hydroxylation is 1. The summed E-state index contributed by atoms with van der Waals surface area (Å²) < 4.78 is 1.89. The summed E-state index contributed by atoms with van der Waals surface area (Å²) in [5.74, 6) is 0.880. The predicted octanol–water partition coefficient (Wildman–Crippen LogP) is 2.14. The Kier molecular flexibility index (Phi) is 3.63. The van der Waals surface area contributed by atoms with E-state index in [1.165, 1.54) is 30.4 Å². The van der Waals surface area contributed by atoms with Crippen LogP contribution in [0.15, 0.2) is 15.5 Å². The van der Waals surface area contributed by atoms with Crippen molar-refractivity contribution in [2.24, 2.45) is 13.0 Å². The topological polar surface area (TPSA) is 46.9 Å². The molecule has 4 nitrogen and oxygen atoms in total. The number of anilines is 1. The molecule has 0 saturated heterocycles. The SMILES string of the molecule is Cn1ncc(NCCC2CCC2)c(Br)c1=O. The summed E-state index contributed by atoms with van der Waals surface area (Å²) in [6.45, 7) is 0.915. The second kappa shape index (κ2) is 4.99. The van der Waals surface area contributed by atoms with Gasteiger partial charge in [-0.25, -0.2) is 4.68 Å². The molecule has 0 amide bonds. The Morgan fingerprint density at radius 3 is 3.00 bits per heavy atom. The van der Waals surface area contributed by atoms with Crippen LogP contribution in [-0.4, -0.2) is 16.3 Å². The fourth-order valence-corrected chi connectivity index (χ4v) is 2.33. The average Bonchev–Trinajstić information content (AvgIpc) is 2.21. The second-order valence-corrected chi connectivity index (χ2v) is 5.11. The third kappa shape index (κ3) is 2.45. The van der Waals surface area contributed by atoms with Gasteiger partial charge in [0.25, 0.3) is 5.56 Å². The Morgan fingerprint density at radius 2 is 2.38 bits per heavy atom. The summed E-state index contributed by atoms with van der Waals surface area (Å²) in [5, 5.41) is 7.24. The Balaban J connectivity index is 1.93. The minimum Gasteiger partial charge on any atom is -0.383 e. The molecule has 88 valence electrons. The van der Waals surface area contributed by atoms with Gasteiger partial charge in [-0.05, 0) is 28.3 Å². The van der Waals surface area contributed by atoms with Crippen LogP contribution in [0.25, 0.3) is 0 Å². The van der Waals surface area contributed by atoms with Crippen LogP contribution in [-0.2, 0) is 7.05 Å². The summed E-state index contributed by atoms with van der Waals surface area (Å²) in [5.41, 5.74) is 0.691. The zero-order chi connectivity index (χ0) is 11.5. The van der Waals surface area contributed by atoms with Crippen molar-refractivity contribution in [2.45, 2.75) is 25.7 Å². The van der Waals surface area contributed by atoms with Gasteiger partial charge in [-0.15, -0.1) is 0 Å². The van der Waals surface area contributed by atoms with E-state index in [1.807, 2.05) is 0 Å². The molecule has 0 unspecified atom stereocenters. The minimum atomic E-state index is -0.103. The van der Waals surface area contributed by atoms with E-state index in [4.69, 9.17) is 0 Å². The maximum Gasteiger partial charge on any atom is 0.282 e. The van der Waals surface area contributed by atoms with Crippen molar-refractivity contribution < 1.29 is 0 Å². The Labute approximate surface area is 103 Å². The van der Waals surface area contributed by atoms with E-state index in [0.717, 1.165) is 18.2 Å². The van der Waals surface area contributed by atoms with Crippen LogP contribution in [0.1, 0.15) is 25.7 Å². The van der Waals surface area contributed by atoms with Gasteiger partial charge in [0.2, 0.25) is 0 Å². The van der Waals surface area contributed by atoms with Crippen LogP contribution in [0.4, 0.5) is 5.69 Å². The molecule has 16 heavy (non-hydrogen) atoms. The highest BCUT2D eigenvalue weighted by Gasteiger charge is 2.16. The van der Waals surface area contributed by atoms with Gasteiger partial charge >= 0.3 is 0 Å². The molecule has 0 aliphatic heterocycles. The van der Waals surface area contributed by atoms with Gasteiger partial charge in [-0.3, -0.25) is 4.79 Å². The van der Waals surface area contributed by atoms with Crippen molar-refractivity contribution >= 4 is 21.6 Å². The van der Waals surface area contributed by atoms with Crippen molar-refractivity contribution in [3.8, 4) is 0 Å². The number of halogens is 1. The smallest absolute Gasteiger partial charge is 0.282 e. The van der Waals surface area contributed by atoms with Gasteiger partial charge in [0, 0.05) is 13.6 Å². The normalized spacial score (nSPS) is 15.9. The van der Waals surface area contributed by atoms with Gasteiger partial charge in [-0.2, -0.15) is 5.10 Å². The molecule has 5 heteroatoms. The van der Waals surface area contributed by atoms with E-state index in [2.05, 4.69) is 26.3 Å². The van der Waals surface area contributed by atoms with Crippen molar-refractivity contribution in [3.63, 3.8) is 0 Å². The standard InChI is InChI=1S/C11H16BrN3O/c1-15-11(16)10(12)9(7-14-15)13-6-5-8-3-2-4-8/h7-8,13H,2-6H2,1H3. The zero-order valence-corrected chi connectivity index (χ0v) is 11.0. The van der Waals surface area contributed by atoms with E-state index < -0.39 is 0 Å². The Morgan fingerprint density at radius 1 is 1.62 bits per heavy atom. The van der Waals surface area contributed by atoms with Gasteiger partial charge in [-0.1, -0.05) is 19.3 Å². The molecule has 2 rings (SSSR count). The molecule has 1 aliphatic carbocycles. The molecule has 0 atom stereocenters. The lowest BCUT2D eigenvalue weighted by Crippen LogP contribution is -2.22. The molecule has 1 aromatic rings. The fourth-order valence-electron chi connectivity index (χ4n) is 1.83. The zero-order valence-electron chi connectivity index (χ0n) is 9.37. The highest BCUT2D eigenvalue weighted by Crippen LogP contribution is 2.29. The number of nitrogens with zero attached hydrogens (tertiary/aromatic N) is 2. The lowest BCUT2D eigenvalue weighted by molar-refractivity contribution is 0.303. The van der Waals surface area contributed by atoms with E-state index in [1.54, 1.807) is 13.2 Å². The summed E-state index contributed by atoms with van der Waals surface area (Å²) in [6, 6.07) is 0. The van der Waals surface area contributed by atoms with Crippen molar-refractivity contribution in [2.75, 3.05) is 11.9 Å². The summed E-state index contributed by atoms with van der Waals surface area (Å²) in [4.78, 5) is 11.6. The molecule has 0 aromatic carbocycles. The monoisotopic (exact) mass is 285 g/mol. The maximum absolute atomic E-state index is 11.6. The van der Waals surface area contributed by atoms with Gasteiger partial charge in [0.15, 0.2) is 0 Å². The number of nitrogens with one attached hydrogen (secondary N) is 1. The molecule has 0 bridgehead atoms. The van der Waals surface area contributed by atoms with E-state index in [0.29, 0.717) is 4.47 Å². The van der Waals surface area contributed by atoms with Gasteiger partial charge in [0.1, 0.15) is 4.47 Å². The van der Waals surface area contributed by atoms with E-state index >= 15 is 0 Å². The lowest BCUT2D eigenvalue weighted by atomic mass is 9.83. The first-order valence-electron chi connectivity index (χ1n) is 5.64. The largest absolute Gasteiger partial charge is 0.383 e. The number of hydrogen-bond acceptors (Lipinski definition) is 3. The second-order valence-electron chi connectivity index (χ2n) is 4.31. The van der Waals surface area contributed by atoms with Gasteiger partial charge in [0.05, 0.1) is 11.9 Å². The van der Waals surface area contributed by atoms with Gasteiger partial charge < -0.3 is 5.32 Å². The van der Waals surface area contributed by atoms with Crippen LogP contribution >= 0.6 is 15.9 Å². The molecule has 0 radical (unpaired) electrons. The van der Waals surface area contributed by atoms with Crippen LogP contribution in [0.5, 0.6) is 0 Å². The third-order valence-electron chi connectivity index (χ3n) is 3.17. The first-order chi connectivity index (χ1) is 7.68. The minimum absolute atomic E-state index is 0.103. The molecular weight excluding hydrogens is 270 g/mol. The van der Waals surface area contributed by atoms with Crippen LogP contribution < -0.4 is 10.9 Å². The van der Waals surface area contributed by atoms with Crippen LogP contribution in [0.2, 0.25) is 0 Å². The van der Waals surface area contributed by atoms with E-state index in [-0.39, 0.29) is 5.56 Å².